The molecule has 1 N–H and O–H groups in total. The second-order valence-electron chi connectivity index (χ2n) is 6.11. The Morgan fingerprint density at radius 1 is 1.12 bits per heavy atom. The molecule has 3 rings (SSSR count). The van der Waals surface area contributed by atoms with E-state index in [4.69, 9.17) is 4.74 Å². The maximum atomic E-state index is 11.4. The highest BCUT2D eigenvalue weighted by molar-refractivity contribution is 5.87. The van der Waals surface area contributed by atoms with Crippen molar-refractivity contribution in [3.63, 3.8) is 0 Å². The van der Waals surface area contributed by atoms with Crippen LogP contribution < -0.4 is 4.74 Å². The third-order valence-electron chi connectivity index (χ3n) is 4.10. The number of carboxylic acid groups (broad SMARTS) is 1. The maximum Gasteiger partial charge on any atom is 0.356 e. The SMILES string of the molecule is COc1cccc(-n2nc(C(=O)O)cc2-c2ccc(C(C)C)cc2)c1. The van der Waals surface area contributed by atoms with E-state index in [-0.39, 0.29) is 5.69 Å². The van der Waals surface area contributed by atoms with E-state index in [0.717, 1.165) is 16.9 Å². The predicted molar refractivity (Wildman–Crippen MR) is 96.6 cm³/mol. The van der Waals surface area contributed by atoms with Gasteiger partial charge in [0, 0.05) is 11.6 Å². The second-order valence-corrected chi connectivity index (χ2v) is 6.11. The molecule has 0 aliphatic carbocycles. The highest BCUT2D eigenvalue weighted by Gasteiger charge is 2.16. The van der Waals surface area contributed by atoms with Crippen LogP contribution in [0, 0.1) is 0 Å². The largest absolute Gasteiger partial charge is 0.497 e. The molecule has 2 aromatic carbocycles. The summed E-state index contributed by atoms with van der Waals surface area (Å²) in [6.07, 6.45) is 0. The fourth-order valence-corrected chi connectivity index (χ4v) is 2.67. The minimum Gasteiger partial charge on any atom is -0.497 e. The van der Waals surface area contributed by atoms with E-state index >= 15 is 0 Å². The molecule has 0 amide bonds. The topological polar surface area (TPSA) is 64.4 Å². The summed E-state index contributed by atoms with van der Waals surface area (Å²) in [5.41, 5.74) is 3.61. The van der Waals surface area contributed by atoms with Gasteiger partial charge in [-0.15, -0.1) is 0 Å². The number of nitrogens with zero attached hydrogens (tertiary/aromatic N) is 2. The zero-order valence-corrected chi connectivity index (χ0v) is 14.4. The lowest BCUT2D eigenvalue weighted by atomic mass is 10.0. The Labute approximate surface area is 146 Å². The molecule has 0 saturated heterocycles. The van der Waals surface area contributed by atoms with Crippen molar-refractivity contribution in [1.82, 2.24) is 9.78 Å². The molecule has 0 aliphatic rings. The Morgan fingerprint density at radius 2 is 1.84 bits per heavy atom. The summed E-state index contributed by atoms with van der Waals surface area (Å²) in [6, 6.07) is 17.1. The van der Waals surface area contributed by atoms with Crippen molar-refractivity contribution in [3.8, 4) is 22.7 Å². The maximum absolute atomic E-state index is 11.4. The third kappa shape index (κ3) is 3.40. The van der Waals surface area contributed by atoms with Gasteiger partial charge in [-0.2, -0.15) is 5.10 Å². The van der Waals surface area contributed by atoms with Gasteiger partial charge in [-0.3, -0.25) is 0 Å². The van der Waals surface area contributed by atoms with E-state index in [1.807, 2.05) is 36.4 Å². The van der Waals surface area contributed by atoms with Crippen LogP contribution in [0.25, 0.3) is 16.9 Å². The zero-order valence-electron chi connectivity index (χ0n) is 14.4. The Hall–Kier alpha value is -3.08. The number of ether oxygens (including phenoxy) is 1. The van der Waals surface area contributed by atoms with Crippen LogP contribution in [0.1, 0.15) is 35.8 Å². The average molecular weight is 336 g/mol. The Kier molecular flexibility index (Phi) is 4.57. The number of aromatic nitrogens is 2. The Balaban J connectivity index is 2.13. The quantitative estimate of drug-likeness (QED) is 0.751. The first-order valence-corrected chi connectivity index (χ1v) is 8.07. The molecule has 5 heteroatoms. The molecule has 128 valence electrons. The molecule has 0 aliphatic heterocycles. The summed E-state index contributed by atoms with van der Waals surface area (Å²) in [4.78, 5) is 11.4. The van der Waals surface area contributed by atoms with Crippen molar-refractivity contribution in [1.29, 1.82) is 0 Å². The van der Waals surface area contributed by atoms with Gasteiger partial charge >= 0.3 is 5.97 Å². The molecule has 0 unspecified atom stereocenters. The standard InChI is InChI=1S/C20H20N2O3/c1-13(2)14-7-9-15(10-8-14)19-12-18(20(23)24)21-22(19)16-5-4-6-17(11-16)25-3/h4-13H,1-3H3,(H,23,24). The fourth-order valence-electron chi connectivity index (χ4n) is 2.67. The van der Waals surface area contributed by atoms with Gasteiger partial charge in [0.15, 0.2) is 5.69 Å². The predicted octanol–water partition coefficient (Wildman–Crippen LogP) is 4.37. The molecule has 3 aromatic rings. The van der Waals surface area contributed by atoms with Crippen LogP contribution >= 0.6 is 0 Å². The third-order valence-corrected chi connectivity index (χ3v) is 4.10. The smallest absolute Gasteiger partial charge is 0.356 e. The van der Waals surface area contributed by atoms with Gasteiger partial charge in [0.25, 0.3) is 0 Å². The molecule has 0 radical (unpaired) electrons. The molecule has 0 saturated carbocycles. The van der Waals surface area contributed by atoms with Crippen molar-refractivity contribution < 1.29 is 14.6 Å². The van der Waals surface area contributed by atoms with Crippen molar-refractivity contribution in [3.05, 3.63) is 65.9 Å². The lowest BCUT2D eigenvalue weighted by Crippen LogP contribution is -2.02. The molecule has 0 atom stereocenters. The molecule has 5 nitrogen and oxygen atoms in total. The summed E-state index contributed by atoms with van der Waals surface area (Å²) in [6.45, 7) is 4.27. The first-order valence-electron chi connectivity index (χ1n) is 8.07. The van der Waals surface area contributed by atoms with Gasteiger partial charge in [0.2, 0.25) is 0 Å². The number of aromatic carboxylic acids is 1. The zero-order chi connectivity index (χ0) is 18.0. The van der Waals surface area contributed by atoms with Crippen LogP contribution in [-0.4, -0.2) is 28.0 Å². The molecular weight excluding hydrogens is 316 g/mol. The summed E-state index contributed by atoms with van der Waals surface area (Å²) in [7, 11) is 1.59. The number of methoxy groups -OCH3 is 1. The number of carbonyl (C=O) groups is 1. The molecule has 0 fully saturated rings. The highest BCUT2D eigenvalue weighted by atomic mass is 16.5. The Bertz CT molecular complexity index is 896. The summed E-state index contributed by atoms with van der Waals surface area (Å²) >= 11 is 0. The fraction of sp³-hybridized carbons (Fsp3) is 0.200. The number of carboxylic acids is 1. The van der Waals surface area contributed by atoms with Crippen LogP contribution in [0.2, 0.25) is 0 Å². The normalized spacial score (nSPS) is 10.9. The van der Waals surface area contributed by atoms with E-state index in [2.05, 4.69) is 31.1 Å². The summed E-state index contributed by atoms with van der Waals surface area (Å²) in [5.74, 6) is 0.0691. The van der Waals surface area contributed by atoms with E-state index in [1.165, 1.54) is 5.56 Å². The number of benzene rings is 2. The number of hydrogen-bond acceptors (Lipinski definition) is 3. The van der Waals surface area contributed by atoms with E-state index in [1.54, 1.807) is 17.9 Å². The van der Waals surface area contributed by atoms with Gasteiger partial charge in [-0.25, -0.2) is 9.48 Å². The van der Waals surface area contributed by atoms with E-state index in [0.29, 0.717) is 11.7 Å². The van der Waals surface area contributed by atoms with Crippen LogP contribution in [0.15, 0.2) is 54.6 Å². The monoisotopic (exact) mass is 336 g/mol. The molecule has 25 heavy (non-hydrogen) atoms. The van der Waals surface area contributed by atoms with Gasteiger partial charge in [-0.1, -0.05) is 44.2 Å². The first kappa shape index (κ1) is 16.8. The van der Waals surface area contributed by atoms with Crippen LogP contribution in [0.5, 0.6) is 5.75 Å². The van der Waals surface area contributed by atoms with Crippen LogP contribution in [-0.2, 0) is 0 Å². The van der Waals surface area contributed by atoms with Crippen molar-refractivity contribution in [2.75, 3.05) is 7.11 Å². The molecule has 1 aromatic heterocycles. The number of rotatable bonds is 5. The number of hydrogen-bond donors (Lipinski definition) is 1. The minimum absolute atomic E-state index is 0.00533. The van der Waals surface area contributed by atoms with Gasteiger partial charge in [0.05, 0.1) is 18.5 Å². The molecule has 0 spiro atoms. The molecular formula is C20H20N2O3. The van der Waals surface area contributed by atoms with Gasteiger partial charge in [0.1, 0.15) is 5.75 Å². The van der Waals surface area contributed by atoms with Crippen LogP contribution in [0.3, 0.4) is 0 Å². The minimum atomic E-state index is -1.05. The highest BCUT2D eigenvalue weighted by Crippen LogP contribution is 2.27. The Morgan fingerprint density at radius 3 is 2.44 bits per heavy atom. The second kappa shape index (κ2) is 6.81. The van der Waals surface area contributed by atoms with Gasteiger partial charge < -0.3 is 9.84 Å². The van der Waals surface area contributed by atoms with Crippen molar-refractivity contribution in [2.45, 2.75) is 19.8 Å². The van der Waals surface area contributed by atoms with Crippen molar-refractivity contribution in [2.24, 2.45) is 0 Å². The van der Waals surface area contributed by atoms with E-state index < -0.39 is 5.97 Å². The average Bonchev–Trinajstić information content (AvgIpc) is 3.07. The summed E-state index contributed by atoms with van der Waals surface area (Å²) in [5, 5.41) is 13.6. The first-order chi connectivity index (χ1) is 12.0. The van der Waals surface area contributed by atoms with Crippen molar-refractivity contribution >= 4 is 5.97 Å². The lowest BCUT2D eigenvalue weighted by Gasteiger charge is -2.10. The summed E-state index contributed by atoms with van der Waals surface area (Å²) < 4.78 is 6.90. The van der Waals surface area contributed by atoms with Crippen LogP contribution in [0.4, 0.5) is 0 Å². The molecule has 0 bridgehead atoms. The van der Waals surface area contributed by atoms with E-state index in [9.17, 15) is 9.90 Å². The molecule has 1 heterocycles. The van der Waals surface area contributed by atoms with Gasteiger partial charge in [-0.05, 0) is 29.7 Å². The lowest BCUT2D eigenvalue weighted by molar-refractivity contribution is 0.0690.